The molecule has 0 spiro atoms. The van der Waals surface area contributed by atoms with Crippen molar-refractivity contribution in [2.24, 2.45) is 11.7 Å². The fourth-order valence-corrected chi connectivity index (χ4v) is 4.38. The van der Waals surface area contributed by atoms with Crippen molar-refractivity contribution in [2.45, 2.75) is 53.0 Å². The van der Waals surface area contributed by atoms with E-state index >= 15 is 0 Å². The van der Waals surface area contributed by atoms with Crippen LogP contribution in [0.2, 0.25) is 0 Å². The number of ether oxygens (including phenoxy) is 1. The molecule has 4 rings (SSSR count). The Hall–Kier alpha value is -4.24. The summed E-state index contributed by atoms with van der Waals surface area (Å²) in [5.41, 5.74) is 8.67. The minimum absolute atomic E-state index is 0.122. The summed E-state index contributed by atoms with van der Waals surface area (Å²) in [5.74, 6) is -1.13. The molecule has 2 atom stereocenters. The maximum atomic E-state index is 13.0. The number of hydrogen-bond acceptors (Lipinski definition) is 5. The zero-order chi connectivity index (χ0) is 31.8. The first-order chi connectivity index (χ1) is 20.7. The van der Waals surface area contributed by atoms with E-state index in [0.717, 1.165) is 12.8 Å². The number of nitrogens with one attached hydrogen (secondary N) is 2. The van der Waals surface area contributed by atoms with Gasteiger partial charge >= 0.3 is 0 Å². The van der Waals surface area contributed by atoms with Crippen LogP contribution in [-0.2, 0) is 4.79 Å². The van der Waals surface area contributed by atoms with Crippen molar-refractivity contribution < 1.29 is 23.5 Å². The number of hydrogen-bond donors (Lipinski definition) is 3. The van der Waals surface area contributed by atoms with Crippen LogP contribution in [0.4, 0.5) is 10.1 Å². The Bertz CT molecular complexity index is 1300. The van der Waals surface area contributed by atoms with Gasteiger partial charge < -0.3 is 26.0 Å². The third-order valence-corrected chi connectivity index (χ3v) is 6.73. The standard InChI is InChI=1S/C25H31FN4O4.C7H8.C2H6/c1-16(23(31)29-21-7-5-19(26)6-8-21)11-20(27)15-28-24(32)17-12-18(14-22(13-17)34-2)25(33)30-9-3-4-10-30;1-7-5-3-2-4-6-7;1-2/h5-8,12-14,16,20H,3-4,9-11,15,27H2,1-2H3,(H,28,32)(H,29,31);2-6H,1H3;1-2H3. The highest BCUT2D eigenvalue weighted by molar-refractivity contribution is 6.00. The minimum Gasteiger partial charge on any atom is -0.497 e. The number of carbonyl (C=O) groups excluding carboxylic acids is 3. The molecule has 1 aliphatic heterocycles. The highest BCUT2D eigenvalue weighted by Crippen LogP contribution is 2.21. The quantitative estimate of drug-likeness (QED) is 0.290. The summed E-state index contributed by atoms with van der Waals surface area (Å²) in [4.78, 5) is 39.6. The van der Waals surface area contributed by atoms with Crippen molar-refractivity contribution in [3.63, 3.8) is 0 Å². The molecule has 9 heteroatoms. The Morgan fingerprint density at radius 1 is 0.953 bits per heavy atom. The molecule has 0 bridgehead atoms. The number of rotatable bonds is 9. The SMILES string of the molecule is CC.COc1cc(C(=O)NCC(N)CC(C)C(=O)Nc2ccc(F)cc2)cc(C(=O)N2CCCC2)c1.Cc1ccccc1. The first kappa shape index (κ1) is 35.0. The molecular weight excluding hydrogens is 547 g/mol. The lowest BCUT2D eigenvalue weighted by Gasteiger charge is -2.18. The van der Waals surface area contributed by atoms with Crippen LogP contribution in [0.5, 0.6) is 5.75 Å². The fourth-order valence-electron chi connectivity index (χ4n) is 4.38. The van der Waals surface area contributed by atoms with E-state index in [0.29, 0.717) is 42.1 Å². The van der Waals surface area contributed by atoms with Gasteiger partial charge in [-0.25, -0.2) is 4.39 Å². The predicted molar refractivity (Wildman–Crippen MR) is 170 cm³/mol. The van der Waals surface area contributed by atoms with Gasteiger partial charge in [0.15, 0.2) is 0 Å². The summed E-state index contributed by atoms with van der Waals surface area (Å²) in [5, 5.41) is 5.49. The molecule has 1 fully saturated rings. The van der Waals surface area contributed by atoms with Crippen LogP contribution in [0.15, 0.2) is 72.8 Å². The molecule has 1 aliphatic rings. The van der Waals surface area contributed by atoms with Crippen LogP contribution in [-0.4, -0.2) is 55.4 Å². The Morgan fingerprint density at radius 3 is 2.12 bits per heavy atom. The van der Waals surface area contributed by atoms with Crippen molar-refractivity contribution in [3.8, 4) is 5.75 Å². The van der Waals surface area contributed by atoms with Gasteiger partial charge in [0.05, 0.1) is 7.11 Å². The van der Waals surface area contributed by atoms with E-state index < -0.39 is 12.0 Å². The summed E-state index contributed by atoms with van der Waals surface area (Å²) >= 11 is 0. The second-order valence-corrected chi connectivity index (χ2v) is 10.2. The average Bonchev–Trinajstić information content (AvgIpc) is 3.57. The van der Waals surface area contributed by atoms with Crippen molar-refractivity contribution in [2.75, 3.05) is 32.1 Å². The Morgan fingerprint density at radius 2 is 1.56 bits per heavy atom. The maximum Gasteiger partial charge on any atom is 0.254 e. The van der Waals surface area contributed by atoms with Gasteiger partial charge in [-0.1, -0.05) is 56.7 Å². The van der Waals surface area contributed by atoms with E-state index in [1.165, 1.54) is 36.9 Å². The number of carbonyl (C=O) groups is 3. The molecule has 43 heavy (non-hydrogen) atoms. The number of amides is 3. The number of halogens is 1. The predicted octanol–water partition coefficient (Wildman–Crippen LogP) is 5.81. The molecule has 1 heterocycles. The summed E-state index contributed by atoms with van der Waals surface area (Å²) in [7, 11) is 1.48. The second-order valence-electron chi connectivity index (χ2n) is 10.2. The van der Waals surface area contributed by atoms with E-state index in [1.54, 1.807) is 30.0 Å². The van der Waals surface area contributed by atoms with Crippen LogP contribution in [0.25, 0.3) is 0 Å². The van der Waals surface area contributed by atoms with E-state index in [2.05, 4.69) is 29.7 Å². The lowest BCUT2D eigenvalue weighted by Crippen LogP contribution is -2.39. The fraction of sp³-hybridized carbons (Fsp3) is 0.382. The molecular formula is C34H45FN4O4. The van der Waals surface area contributed by atoms with Crippen LogP contribution < -0.4 is 21.1 Å². The van der Waals surface area contributed by atoms with Crippen molar-refractivity contribution in [3.05, 3.63) is 95.3 Å². The number of anilines is 1. The Labute approximate surface area is 254 Å². The van der Waals surface area contributed by atoms with Crippen molar-refractivity contribution >= 4 is 23.4 Å². The van der Waals surface area contributed by atoms with Crippen molar-refractivity contribution in [1.82, 2.24) is 10.2 Å². The van der Waals surface area contributed by atoms with E-state index in [-0.39, 0.29) is 30.1 Å². The number of nitrogens with two attached hydrogens (primary N) is 1. The second kappa shape index (κ2) is 18.3. The highest BCUT2D eigenvalue weighted by Gasteiger charge is 2.22. The minimum atomic E-state index is -0.464. The van der Waals surface area contributed by atoms with Gasteiger partial charge in [-0.2, -0.15) is 0 Å². The summed E-state index contributed by atoms with van der Waals surface area (Å²) in [6.07, 6.45) is 2.28. The molecule has 0 aliphatic carbocycles. The molecule has 0 aromatic heterocycles. The molecule has 1 saturated heterocycles. The van der Waals surface area contributed by atoms with Crippen LogP contribution in [0.1, 0.15) is 66.3 Å². The molecule has 0 saturated carbocycles. The number of nitrogens with zero attached hydrogens (tertiary/aromatic N) is 1. The van der Waals surface area contributed by atoms with Gasteiger partial charge in [0.25, 0.3) is 11.8 Å². The maximum absolute atomic E-state index is 13.0. The number of aryl methyl sites for hydroxylation is 1. The largest absolute Gasteiger partial charge is 0.497 e. The first-order valence-electron chi connectivity index (χ1n) is 14.8. The Kier molecular flexibility index (Phi) is 14.9. The van der Waals surface area contributed by atoms with Gasteiger partial charge in [0, 0.05) is 48.4 Å². The van der Waals surface area contributed by atoms with Gasteiger partial charge in [0.2, 0.25) is 5.91 Å². The summed E-state index contributed by atoms with van der Waals surface area (Å²) in [6.45, 7) is 9.39. The van der Waals surface area contributed by atoms with E-state index in [9.17, 15) is 18.8 Å². The van der Waals surface area contributed by atoms with Crippen LogP contribution in [0.3, 0.4) is 0 Å². The number of benzene rings is 3. The van der Waals surface area contributed by atoms with Crippen molar-refractivity contribution in [1.29, 1.82) is 0 Å². The summed E-state index contributed by atoms with van der Waals surface area (Å²) in [6, 6.07) is 20.1. The third-order valence-electron chi connectivity index (χ3n) is 6.73. The molecule has 8 nitrogen and oxygen atoms in total. The molecule has 232 valence electrons. The molecule has 3 aromatic carbocycles. The van der Waals surface area contributed by atoms with Crippen LogP contribution >= 0.6 is 0 Å². The van der Waals surface area contributed by atoms with E-state index in [4.69, 9.17) is 10.5 Å². The molecule has 3 aromatic rings. The topological polar surface area (TPSA) is 114 Å². The third kappa shape index (κ3) is 11.9. The zero-order valence-electron chi connectivity index (χ0n) is 25.9. The zero-order valence-corrected chi connectivity index (χ0v) is 25.9. The number of likely N-dealkylation sites (tertiary alicyclic amines) is 1. The lowest BCUT2D eigenvalue weighted by atomic mass is 10.0. The summed E-state index contributed by atoms with van der Waals surface area (Å²) < 4.78 is 18.3. The van der Waals surface area contributed by atoms with Gasteiger partial charge in [-0.05, 0) is 68.7 Å². The number of methoxy groups -OCH3 is 1. The van der Waals surface area contributed by atoms with Crippen LogP contribution in [0, 0.1) is 18.7 Å². The van der Waals surface area contributed by atoms with Gasteiger partial charge in [0.1, 0.15) is 11.6 Å². The van der Waals surface area contributed by atoms with E-state index in [1.807, 2.05) is 32.0 Å². The normalized spacial score (nSPS) is 13.3. The lowest BCUT2D eigenvalue weighted by molar-refractivity contribution is -0.119. The Balaban J connectivity index is 0.000000619. The molecule has 3 amide bonds. The monoisotopic (exact) mass is 592 g/mol. The average molecular weight is 593 g/mol. The molecule has 4 N–H and O–H groups in total. The van der Waals surface area contributed by atoms with Gasteiger partial charge in [-0.15, -0.1) is 0 Å². The highest BCUT2D eigenvalue weighted by atomic mass is 19.1. The first-order valence-corrected chi connectivity index (χ1v) is 14.8. The van der Waals surface area contributed by atoms with Gasteiger partial charge in [-0.3, -0.25) is 14.4 Å². The molecule has 2 unspecified atom stereocenters. The smallest absolute Gasteiger partial charge is 0.254 e. The molecule has 0 radical (unpaired) electrons.